The lowest BCUT2D eigenvalue weighted by Crippen LogP contribution is -2.26. The van der Waals surface area contributed by atoms with E-state index in [1.165, 1.54) is 22.5 Å². The van der Waals surface area contributed by atoms with E-state index in [-0.39, 0.29) is 5.91 Å². The topological polar surface area (TPSA) is 63.1 Å². The van der Waals surface area contributed by atoms with Gasteiger partial charge in [0.2, 0.25) is 0 Å². The summed E-state index contributed by atoms with van der Waals surface area (Å²) in [6.45, 7) is 6.78. The van der Waals surface area contributed by atoms with E-state index in [0.717, 1.165) is 18.0 Å². The average molecular weight is 333 g/mol. The van der Waals surface area contributed by atoms with E-state index in [2.05, 4.69) is 40.3 Å². The molecule has 7 heteroatoms. The number of likely N-dealkylation sites (tertiary alicyclic amines) is 1. The van der Waals surface area contributed by atoms with Crippen LogP contribution in [0.3, 0.4) is 0 Å². The minimum absolute atomic E-state index is 0.116. The number of carbonyl (C=O) groups is 1. The Morgan fingerprint density at radius 3 is 3.00 bits per heavy atom. The summed E-state index contributed by atoms with van der Waals surface area (Å²) < 4.78 is 0. The van der Waals surface area contributed by atoms with Crippen LogP contribution in [-0.4, -0.2) is 38.9 Å². The van der Waals surface area contributed by atoms with Crippen molar-refractivity contribution in [1.29, 1.82) is 0 Å². The number of hydrogen-bond acceptors (Lipinski definition) is 5. The molecule has 1 fully saturated rings. The standard InChI is InChI=1S/C16H23N5OS/c1-11(2)10-21-8-4-5-12(21)13-6-7-14(23-13)16(22)18-15-9-17-20(3)19-15/h6-7,9,11-12H,4-5,8,10H2,1-3H3,(H,18,19,22). The van der Waals surface area contributed by atoms with Crippen LogP contribution in [0, 0.1) is 5.92 Å². The van der Waals surface area contributed by atoms with Crippen LogP contribution in [0.2, 0.25) is 0 Å². The third kappa shape index (κ3) is 3.79. The van der Waals surface area contributed by atoms with E-state index in [1.54, 1.807) is 24.6 Å². The average Bonchev–Trinajstić information content (AvgIpc) is 3.18. The first-order chi connectivity index (χ1) is 11.0. The van der Waals surface area contributed by atoms with Crippen LogP contribution in [0.15, 0.2) is 18.3 Å². The molecule has 2 aromatic rings. The van der Waals surface area contributed by atoms with Crippen molar-refractivity contribution in [2.75, 3.05) is 18.4 Å². The number of amides is 1. The number of aromatic nitrogens is 3. The van der Waals surface area contributed by atoms with Crippen LogP contribution >= 0.6 is 11.3 Å². The van der Waals surface area contributed by atoms with Gasteiger partial charge in [0, 0.05) is 24.5 Å². The SMILES string of the molecule is CC(C)CN1CCCC1c1ccc(C(=O)Nc2cnn(C)n2)s1. The zero-order valence-corrected chi connectivity index (χ0v) is 14.6. The van der Waals surface area contributed by atoms with Gasteiger partial charge in [-0.1, -0.05) is 13.8 Å². The molecule has 1 aliphatic rings. The summed E-state index contributed by atoms with van der Waals surface area (Å²) in [7, 11) is 1.72. The van der Waals surface area contributed by atoms with Crippen molar-refractivity contribution < 1.29 is 4.79 Å². The highest BCUT2D eigenvalue weighted by atomic mass is 32.1. The zero-order chi connectivity index (χ0) is 16.4. The van der Waals surface area contributed by atoms with Crippen LogP contribution in [0.5, 0.6) is 0 Å². The van der Waals surface area contributed by atoms with Crippen molar-refractivity contribution in [3.05, 3.63) is 28.1 Å². The summed E-state index contributed by atoms with van der Waals surface area (Å²) in [5, 5.41) is 10.8. The van der Waals surface area contributed by atoms with Gasteiger partial charge in [0.15, 0.2) is 5.82 Å². The molecule has 0 aliphatic carbocycles. The van der Waals surface area contributed by atoms with Crippen molar-refractivity contribution in [2.45, 2.75) is 32.7 Å². The van der Waals surface area contributed by atoms with E-state index < -0.39 is 0 Å². The summed E-state index contributed by atoms with van der Waals surface area (Å²) in [6, 6.07) is 4.47. The maximum atomic E-state index is 12.3. The second kappa shape index (κ2) is 6.80. The summed E-state index contributed by atoms with van der Waals surface area (Å²) in [4.78, 5) is 18.3. The van der Waals surface area contributed by atoms with Crippen molar-refractivity contribution in [2.24, 2.45) is 13.0 Å². The summed E-state index contributed by atoms with van der Waals surface area (Å²) >= 11 is 1.59. The fraction of sp³-hybridized carbons (Fsp3) is 0.562. The number of nitrogens with one attached hydrogen (secondary N) is 1. The van der Waals surface area contributed by atoms with E-state index in [4.69, 9.17) is 0 Å². The molecule has 3 heterocycles. The third-order valence-electron chi connectivity index (χ3n) is 3.98. The minimum Gasteiger partial charge on any atom is -0.303 e. The Bertz CT molecular complexity index is 678. The van der Waals surface area contributed by atoms with E-state index in [1.807, 2.05) is 6.07 Å². The van der Waals surface area contributed by atoms with Gasteiger partial charge in [0.05, 0.1) is 11.1 Å². The highest BCUT2D eigenvalue weighted by molar-refractivity contribution is 7.14. The fourth-order valence-corrected chi connectivity index (χ4v) is 4.14. The van der Waals surface area contributed by atoms with Gasteiger partial charge in [-0.15, -0.1) is 16.4 Å². The first-order valence-corrected chi connectivity index (χ1v) is 8.86. The molecule has 3 rings (SSSR count). The first-order valence-electron chi connectivity index (χ1n) is 8.04. The molecule has 23 heavy (non-hydrogen) atoms. The Kier molecular flexibility index (Phi) is 4.77. The number of nitrogens with zero attached hydrogens (tertiary/aromatic N) is 4. The second-order valence-corrected chi connectivity index (χ2v) is 7.54. The normalized spacial score (nSPS) is 18.7. The molecule has 1 N–H and O–H groups in total. The maximum absolute atomic E-state index is 12.3. The van der Waals surface area contributed by atoms with Crippen molar-refractivity contribution in [3.8, 4) is 0 Å². The molecule has 0 saturated carbocycles. The Morgan fingerprint density at radius 2 is 2.30 bits per heavy atom. The van der Waals surface area contributed by atoms with Gasteiger partial charge in [-0.25, -0.2) is 0 Å². The van der Waals surface area contributed by atoms with Crippen LogP contribution < -0.4 is 5.32 Å². The van der Waals surface area contributed by atoms with Gasteiger partial charge < -0.3 is 5.32 Å². The highest BCUT2D eigenvalue weighted by Gasteiger charge is 2.28. The third-order valence-corrected chi connectivity index (χ3v) is 5.17. The molecule has 0 radical (unpaired) electrons. The molecule has 0 bridgehead atoms. The van der Waals surface area contributed by atoms with E-state index >= 15 is 0 Å². The lowest BCUT2D eigenvalue weighted by atomic mass is 10.1. The molecular weight excluding hydrogens is 310 g/mol. The Hall–Kier alpha value is -1.73. The fourth-order valence-electron chi connectivity index (χ4n) is 3.07. The largest absolute Gasteiger partial charge is 0.303 e. The number of anilines is 1. The molecule has 2 aromatic heterocycles. The zero-order valence-electron chi connectivity index (χ0n) is 13.8. The molecule has 0 spiro atoms. The van der Waals surface area contributed by atoms with Gasteiger partial charge in [0.25, 0.3) is 5.91 Å². The Morgan fingerprint density at radius 1 is 1.48 bits per heavy atom. The number of carbonyl (C=O) groups excluding carboxylic acids is 1. The summed E-state index contributed by atoms with van der Waals surface area (Å²) in [5.74, 6) is 1.03. The number of hydrogen-bond donors (Lipinski definition) is 1. The maximum Gasteiger partial charge on any atom is 0.266 e. The van der Waals surface area contributed by atoms with Gasteiger partial charge >= 0.3 is 0 Å². The number of rotatable bonds is 5. The first kappa shape index (κ1) is 16.1. The molecule has 1 unspecified atom stereocenters. The van der Waals surface area contributed by atoms with Crippen LogP contribution in [0.4, 0.5) is 5.82 Å². The Balaban J connectivity index is 1.68. The molecule has 1 saturated heterocycles. The molecule has 1 atom stereocenters. The monoisotopic (exact) mass is 333 g/mol. The second-order valence-electron chi connectivity index (χ2n) is 6.42. The van der Waals surface area contributed by atoms with Gasteiger partial charge in [0.1, 0.15) is 0 Å². The smallest absolute Gasteiger partial charge is 0.266 e. The van der Waals surface area contributed by atoms with Crippen LogP contribution in [0.25, 0.3) is 0 Å². The highest BCUT2D eigenvalue weighted by Crippen LogP contribution is 2.36. The lowest BCUT2D eigenvalue weighted by Gasteiger charge is -2.25. The van der Waals surface area contributed by atoms with Crippen molar-refractivity contribution in [1.82, 2.24) is 19.9 Å². The molecule has 1 aliphatic heterocycles. The predicted octanol–water partition coefficient (Wildman–Crippen LogP) is 2.92. The predicted molar refractivity (Wildman–Crippen MR) is 91.7 cm³/mol. The summed E-state index contributed by atoms with van der Waals surface area (Å²) in [6.07, 6.45) is 3.96. The van der Waals surface area contributed by atoms with Crippen LogP contribution in [0.1, 0.15) is 47.3 Å². The van der Waals surface area contributed by atoms with E-state index in [9.17, 15) is 4.79 Å². The molecular formula is C16H23N5OS. The Labute approximate surface area is 140 Å². The number of aryl methyl sites for hydroxylation is 1. The van der Waals surface area contributed by atoms with Crippen molar-refractivity contribution >= 4 is 23.1 Å². The molecule has 124 valence electrons. The quantitative estimate of drug-likeness (QED) is 0.914. The lowest BCUT2D eigenvalue weighted by molar-refractivity contribution is 0.103. The van der Waals surface area contributed by atoms with Crippen molar-refractivity contribution in [3.63, 3.8) is 0 Å². The molecule has 0 aromatic carbocycles. The van der Waals surface area contributed by atoms with Gasteiger partial charge in [-0.2, -0.15) is 9.90 Å². The molecule has 1 amide bonds. The number of thiophene rings is 1. The van der Waals surface area contributed by atoms with Gasteiger partial charge in [-0.3, -0.25) is 9.69 Å². The van der Waals surface area contributed by atoms with Gasteiger partial charge in [-0.05, 0) is 37.4 Å². The molecule has 6 nitrogen and oxygen atoms in total. The van der Waals surface area contributed by atoms with E-state index in [0.29, 0.717) is 17.8 Å². The minimum atomic E-state index is -0.116. The van der Waals surface area contributed by atoms with Crippen LogP contribution in [-0.2, 0) is 7.05 Å². The summed E-state index contributed by atoms with van der Waals surface area (Å²) in [5.41, 5.74) is 0.